The number of aromatic nitrogens is 2. The first-order valence-corrected chi connectivity index (χ1v) is 5.54. The molecular weight excluding hydrogens is 267 g/mol. The van der Waals surface area contributed by atoms with Crippen molar-refractivity contribution in [3.8, 4) is 0 Å². The molecule has 0 spiro atoms. The number of hydrogen-bond acceptors (Lipinski definition) is 6. The molecule has 1 aromatic rings. The first-order chi connectivity index (χ1) is 8.79. The Morgan fingerprint density at radius 1 is 1.26 bits per heavy atom. The van der Waals surface area contributed by atoms with E-state index in [-0.39, 0.29) is 18.9 Å². The van der Waals surface area contributed by atoms with Gasteiger partial charge in [-0.1, -0.05) is 5.16 Å². The molecule has 0 aromatic carbocycles. The third kappa shape index (κ3) is 4.15. The molecule has 1 aromatic heterocycles. The van der Waals surface area contributed by atoms with Crippen LogP contribution in [0.25, 0.3) is 0 Å². The van der Waals surface area contributed by atoms with E-state index in [1.807, 2.05) is 0 Å². The van der Waals surface area contributed by atoms with Crippen molar-refractivity contribution in [1.82, 2.24) is 10.1 Å². The van der Waals surface area contributed by atoms with Gasteiger partial charge in [-0.2, -0.15) is 18.2 Å². The summed E-state index contributed by atoms with van der Waals surface area (Å²) in [7, 11) is 1.54. The molecule has 0 aliphatic heterocycles. The van der Waals surface area contributed by atoms with Gasteiger partial charge in [-0.15, -0.1) is 0 Å². The highest BCUT2D eigenvalue weighted by Gasteiger charge is 2.53. The van der Waals surface area contributed by atoms with Crippen molar-refractivity contribution in [2.45, 2.75) is 25.1 Å². The molecule has 0 bridgehead atoms. The summed E-state index contributed by atoms with van der Waals surface area (Å²) in [5.41, 5.74) is 2.50. The van der Waals surface area contributed by atoms with Crippen molar-refractivity contribution in [3.63, 3.8) is 0 Å². The Labute approximate surface area is 108 Å². The van der Waals surface area contributed by atoms with Crippen LogP contribution in [-0.2, 0) is 21.4 Å². The highest BCUT2D eigenvalue weighted by molar-refractivity contribution is 5.04. The lowest BCUT2D eigenvalue weighted by atomic mass is 10.0. The molecule has 1 unspecified atom stereocenters. The Hall–Kier alpha value is -1.19. The van der Waals surface area contributed by atoms with Crippen LogP contribution in [0.3, 0.4) is 0 Å². The van der Waals surface area contributed by atoms with E-state index >= 15 is 0 Å². The number of halogens is 3. The fraction of sp³-hybridized carbons (Fsp3) is 0.800. The lowest BCUT2D eigenvalue weighted by Crippen LogP contribution is -2.48. The van der Waals surface area contributed by atoms with E-state index in [9.17, 15) is 13.2 Å². The molecule has 1 rings (SSSR count). The number of rotatable bonds is 7. The molecule has 0 aliphatic rings. The Morgan fingerprint density at radius 2 is 1.95 bits per heavy atom. The van der Waals surface area contributed by atoms with E-state index in [0.29, 0.717) is 13.2 Å². The second kappa shape index (κ2) is 6.31. The molecular formula is C10H16F3N3O3. The van der Waals surface area contributed by atoms with Crippen LogP contribution >= 0.6 is 0 Å². The van der Waals surface area contributed by atoms with Crippen molar-refractivity contribution in [3.05, 3.63) is 11.7 Å². The van der Waals surface area contributed by atoms with Gasteiger partial charge >= 0.3 is 6.18 Å². The molecule has 2 N–H and O–H groups in total. The average Bonchev–Trinajstić information content (AvgIpc) is 2.76. The zero-order valence-electron chi connectivity index (χ0n) is 10.7. The number of alkyl halides is 3. The van der Waals surface area contributed by atoms with Gasteiger partial charge < -0.3 is 19.7 Å². The van der Waals surface area contributed by atoms with E-state index in [2.05, 4.69) is 14.7 Å². The van der Waals surface area contributed by atoms with Crippen LogP contribution in [0.5, 0.6) is 0 Å². The summed E-state index contributed by atoms with van der Waals surface area (Å²) in [6, 6.07) is 0. The van der Waals surface area contributed by atoms with Crippen LogP contribution in [0.4, 0.5) is 13.2 Å². The molecule has 0 saturated heterocycles. The molecule has 19 heavy (non-hydrogen) atoms. The third-order valence-corrected chi connectivity index (χ3v) is 2.40. The third-order valence-electron chi connectivity index (χ3n) is 2.40. The van der Waals surface area contributed by atoms with Gasteiger partial charge in [0.1, 0.15) is 0 Å². The molecule has 1 atom stereocenters. The summed E-state index contributed by atoms with van der Waals surface area (Å²) in [6.07, 6.45) is -4.42. The predicted octanol–water partition coefficient (Wildman–Crippen LogP) is 1.01. The zero-order chi connectivity index (χ0) is 14.5. The zero-order valence-corrected chi connectivity index (χ0v) is 10.7. The van der Waals surface area contributed by atoms with Gasteiger partial charge in [0, 0.05) is 13.5 Å². The summed E-state index contributed by atoms with van der Waals surface area (Å²) < 4.78 is 52.3. The minimum absolute atomic E-state index is 0.119. The van der Waals surface area contributed by atoms with Crippen LogP contribution in [0.15, 0.2) is 4.52 Å². The molecule has 6 nitrogen and oxygen atoms in total. The fourth-order valence-corrected chi connectivity index (χ4v) is 1.10. The number of ether oxygens (including phenoxy) is 2. The van der Waals surface area contributed by atoms with E-state index in [1.165, 1.54) is 7.11 Å². The molecule has 0 aliphatic carbocycles. The number of nitrogens with two attached hydrogens (primary N) is 1. The monoisotopic (exact) mass is 283 g/mol. The molecule has 0 radical (unpaired) electrons. The minimum atomic E-state index is -4.66. The van der Waals surface area contributed by atoms with E-state index in [1.54, 1.807) is 0 Å². The SMILES string of the molecule is COCCOCCc1noc(C(C)(N)C(F)(F)F)n1. The Morgan fingerprint density at radius 3 is 2.53 bits per heavy atom. The second-order valence-corrected chi connectivity index (χ2v) is 4.07. The second-order valence-electron chi connectivity index (χ2n) is 4.07. The molecule has 0 fully saturated rings. The van der Waals surface area contributed by atoms with Crippen LogP contribution in [0, 0.1) is 0 Å². The van der Waals surface area contributed by atoms with E-state index < -0.39 is 17.6 Å². The number of methoxy groups -OCH3 is 1. The maximum Gasteiger partial charge on any atom is 0.415 e. The van der Waals surface area contributed by atoms with Gasteiger partial charge in [-0.3, -0.25) is 0 Å². The van der Waals surface area contributed by atoms with Crippen molar-refractivity contribution in [1.29, 1.82) is 0 Å². The largest absolute Gasteiger partial charge is 0.415 e. The number of nitrogens with zero attached hydrogens (tertiary/aromatic N) is 2. The first kappa shape index (κ1) is 15.9. The highest BCUT2D eigenvalue weighted by Crippen LogP contribution is 2.35. The highest BCUT2D eigenvalue weighted by atomic mass is 19.4. The van der Waals surface area contributed by atoms with E-state index in [0.717, 1.165) is 6.92 Å². The van der Waals surface area contributed by atoms with Crippen molar-refractivity contribution < 1.29 is 27.2 Å². The summed E-state index contributed by atoms with van der Waals surface area (Å²) in [5, 5.41) is 3.44. The van der Waals surface area contributed by atoms with Gasteiger partial charge in [0.25, 0.3) is 5.89 Å². The maximum atomic E-state index is 12.6. The standard InChI is InChI=1S/C10H16F3N3O3/c1-9(14,10(11,12)13)8-15-7(16-19-8)3-4-18-6-5-17-2/h3-6,14H2,1-2H3. The van der Waals surface area contributed by atoms with Crippen molar-refractivity contribution in [2.75, 3.05) is 26.9 Å². The van der Waals surface area contributed by atoms with Gasteiger partial charge in [-0.05, 0) is 6.92 Å². The van der Waals surface area contributed by atoms with E-state index in [4.69, 9.17) is 15.2 Å². The Bertz CT molecular complexity index is 393. The molecule has 9 heteroatoms. The maximum absolute atomic E-state index is 12.6. The molecule has 110 valence electrons. The summed E-state index contributed by atoms with van der Waals surface area (Å²) in [5.74, 6) is -0.541. The summed E-state index contributed by atoms with van der Waals surface area (Å²) in [4.78, 5) is 3.63. The summed E-state index contributed by atoms with van der Waals surface area (Å²) >= 11 is 0. The van der Waals surface area contributed by atoms with Crippen molar-refractivity contribution in [2.24, 2.45) is 5.73 Å². The minimum Gasteiger partial charge on any atom is -0.382 e. The predicted molar refractivity (Wildman–Crippen MR) is 58.3 cm³/mol. The normalized spacial score (nSPS) is 15.5. The smallest absolute Gasteiger partial charge is 0.382 e. The molecule has 1 heterocycles. The first-order valence-electron chi connectivity index (χ1n) is 5.54. The lowest BCUT2D eigenvalue weighted by molar-refractivity contribution is -0.190. The van der Waals surface area contributed by atoms with Crippen LogP contribution in [0.2, 0.25) is 0 Å². The van der Waals surface area contributed by atoms with Crippen molar-refractivity contribution >= 4 is 0 Å². The quantitative estimate of drug-likeness (QED) is 0.752. The van der Waals surface area contributed by atoms with Gasteiger partial charge in [0.15, 0.2) is 11.4 Å². The lowest BCUT2D eigenvalue weighted by Gasteiger charge is -2.22. The fourth-order valence-electron chi connectivity index (χ4n) is 1.10. The topological polar surface area (TPSA) is 83.4 Å². The van der Waals surface area contributed by atoms with Crippen LogP contribution in [0.1, 0.15) is 18.6 Å². The van der Waals surface area contributed by atoms with Gasteiger partial charge in [-0.25, -0.2) is 0 Å². The van der Waals surface area contributed by atoms with Gasteiger partial charge in [0.05, 0.1) is 19.8 Å². The average molecular weight is 283 g/mol. The van der Waals surface area contributed by atoms with Gasteiger partial charge in [0.2, 0.25) is 0 Å². The number of hydrogen-bond donors (Lipinski definition) is 1. The molecule has 0 saturated carbocycles. The van der Waals surface area contributed by atoms with Crippen LogP contribution < -0.4 is 5.73 Å². The van der Waals surface area contributed by atoms with Crippen LogP contribution in [-0.4, -0.2) is 43.2 Å². The summed E-state index contributed by atoms with van der Waals surface area (Å²) in [6.45, 7) is 1.86. The Balaban J connectivity index is 2.53. The Kier molecular flexibility index (Phi) is 5.27. The molecule has 0 amide bonds.